The summed E-state index contributed by atoms with van der Waals surface area (Å²) in [6, 6.07) is 52.7. The van der Waals surface area contributed by atoms with E-state index in [-0.39, 0.29) is 47.4 Å². The molecule has 0 aromatic heterocycles. The third kappa shape index (κ3) is 12.4. The molecule has 0 amide bonds. The molecule has 348 valence electrons. The van der Waals surface area contributed by atoms with Crippen molar-refractivity contribution >= 4 is 47.4 Å². The van der Waals surface area contributed by atoms with Crippen LogP contribution in [0, 0.1) is 22.7 Å². The number of nitrogens with zero attached hydrogens (tertiary/aromatic N) is 4. The molecule has 0 N–H and O–H groups in total. The lowest BCUT2D eigenvalue weighted by Gasteiger charge is -2.37. The second kappa shape index (κ2) is 24.2. The van der Waals surface area contributed by atoms with E-state index >= 15 is 0 Å². The molecule has 0 spiro atoms. The van der Waals surface area contributed by atoms with E-state index in [0.29, 0.717) is 37.3 Å². The molecule has 6 aromatic rings. The van der Waals surface area contributed by atoms with E-state index in [9.17, 15) is 29.7 Å². The summed E-state index contributed by atoms with van der Waals surface area (Å²) in [5.74, 6) is -1.75. The first-order valence-electron chi connectivity index (χ1n) is 22.4. The van der Waals surface area contributed by atoms with Gasteiger partial charge in [-0.25, -0.2) is 9.59 Å². The lowest BCUT2D eigenvalue weighted by atomic mass is 9.65. The molecule has 0 fully saturated rings. The number of hydrogen-bond acceptors (Lipinski definition) is 12. The Morgan fingerprint density at radius 3 is 1.13 bits per heavy atom. The van der Waals surface area contributed by atoms with Crippen LogP contribution in [-0.2, 0) is 34.1 Å². The van der Waals surface area contributed by atoms with Crippen LogP contribution in [0.4, 0.5) is 11.4 Å². The highest BCUT2D eigenvalue weighted by molar-refractivity contribution is 6.00. The Morgan fingerprint density at radius 2 is 0.826 bits per heavy atom. The lowest BCUT2D eigenvalue weighted by molar-refractivity contribution is -0.141. The summed E-state index contributed by atoms with van der Waals surface area (Å²) in [6.07, 6.45) is 3.43. The van der Waals surface area contributed by atoms with E-state index < -0.39 is 17.4 Å². The fourth-order valence-electron chi connectivity index (χ4n) is 8.01. The van der Waals surface area contributed by atoms with E-state index in [1.807, 2.05) is 145 Å². The molecule has 0 aliphatic rings. The number of benzene rings is 6. The second-order valence-electron chi connectivity index (χ2n) is 15.6. The molecule has 6 aromatic carbocycles. The van der Waals surface area contributed by atoms with Crippen molar-refractivity contribution in [2.75, 3.05) is 50.2 Å². The summed E-state index contributed by atoms with van der Waals surface area (Å²) in [7, 11) is 2.72. The minimum atomic E-state index is -0.916. The summed E-state index contributed by atoms with van der Waals surface area (Å²) in [5.41, 5.74) is 5.26. The maximum absolute atomic E-state index is 13.4. The highest BCUT2D eigenvalue weighted by Crippen LogP contribution is 2.46. The molecule has 0 aliphatic carbocycles. The van der Waals surface area contributed by atoms with Crippen molar-refractivity contribution in [1.82, 2.24) is 0 Å². The van der Waals surface area contributed by atoms with Crippen molar-refractivity contribution in [3.63, 3.8) is 0 Å². The molecule has 12 nitrogen and oxygen atoms in total. The number of carbonyl (C=O) groups is 4. The zero-order valence-corrected chi connectivity index (χ0v) is 39.0. The average Bonchev–Trinajstić information content (AvgIpc) is 3.39. The van der Waals surface area contributed by atoms with Crippen LogP contribution in [0.2, 0.25) is 0 Å². The summed E-state index contributed by atoms with van der Waals surface area (Å²) >= 11 is 0. The van der Waals surface area contributed by atoms with Gasteiger partial charge in [-0.2, -0.15) is 10.5 Å². The topological polar surface area (TPSA) is 159 Å². The zero-order chi connectivity index (χ0) is 49.2. The van der Waals surface area contributed by atoms with Gasteiger partial charge < -0.3 is 28.7 Å². The number of rotatable bonds is 20. The van der Waals surface area contributed by atoms with Gasteiger partial charge in [0.25, 0.3) is 0 Å². The van der Waals surface area contributed by atoms with Crippen LogP contribution < -0.4 is 19.3 Å². The van der Waals surface area contributed by atoms with Gasteiger partial charge in [0.05, 0.1) is 32.5 Å². The second-order valence-corrected chi connectivity index (χ2v) is 15.6. The monoisotopic (exact) mass is 920 g/mol. The van der Waals surface area contributed by atoms with Crippen LogP contribution in [0.25, 0.3) is 12.2 Å². The Hall–Kier alpha value is -8.74. The molecule has 0 radical (unpaired) electrons. The SMILES string of the molecule is CCN(CCC(=O)OC)c1ccc(/C=C(\C#N)C(=O)Oc2ccc(C(c3ccccc3)(c3ccccc3)c3ccc(OC(=O)/C(C#N)=C/c4ccc(N(CC)CCC(=O)OC)cc4)cc3)cc2)cc1. The van der Waals surface area contributed by atoms with E-state index in [0.717, 1.165) is 33.6 Å². The summed E-state index contributed by atoms with van der Waals surface area (Å²) in [4.78, 5) is 54.2. The van der Waals surface area contributed by atoms with Crippen molar-refractivity contribution in [3.8, 4) is 23.6 Å². The van der Waals surface area contributed by atoms with Crippen LogP contribution in [0.5, 0.6) is 11.5 Å². The van der Waals surface area contributed by atoms with E-state index in [1.54, 1.807) is 48.5 Å². The Balaban J connectivity index is 1.24. The van der Waals surface area contributed by atoms with E-state index in [1.165, 1.54) is 26.4 Å². The molecular formula is C57H52N4O8. The lowest BCUT2D eigenvalue weighted by Crippen LogP contribution is -2.31. The average molecular weight is 921 g/mol. The molecule has 0 bridgehead atoms. The van der Waals surface area contributed by atoms with Crippen molar-refractivity contribution in [2.45, 2.75) is 32.1 Å². The molecule has 69 heavy (non-hydrogen) atoms. The predicted molar refractivity (Wildman–Crippen MR) is 265 cm³/mol. The number of anilines is 2. The third-order valence-electron chi connectivity index (χ3n) is 11.6. The number of ether oxygens (including phenoxy) is 4. The van der Waals surface area contributed by atoms with Gasteiger partial charge in [-0.15, -0.1) is 0 Å². The van der Waals surface area contributed by atoms with Crippen molar-refractivity contribution in [1.29, 1.82) is 10.5 Å². The summed E-state index contributed by atoms with van der Waals surface area (Å²) in [6.45, 7) is 6.28. The molecule has 0 atom stereocenters. The fraction of sp³-hybridized carbons (Fsp3) is 0.193. The number of hydrogen-bond donors (Lipinski definition) is 0. The number of esters is 4. The van der Waals surface area contributed by atoms with E-state index in [2.05, 4.69) is 0 Å². The summed E-state index contributed by atoms with van der Waals surface area (Å²) in [5, 5.41) is 20.0. The molecule has 12 heteroatoms. The quantitative estimate of drug-likeness (QED) is 0.0235. The minimum absolute atomic E-state index is 0.186. The van der Waals surface area contributed by atoms with Crippen molar-refractivity contribution in [3.05, 3.63) is 202 Å². The van der Waals surface area contributed by atoms with Crippen molar-refractivity contribution < 1.29 is 38.1 Å². The van der Waals surface area contributed by atoms with Gasteiger partial charge in [0.1, 0.15) is 34.8 Å². The van der Waals surface area contributed by atoms with Crippen LogP contribution in [0.15, 0.2) is 169 Å². The molecule has 6 rings (SSSR count). The van der Waals surface area contributed by atoms with Crippen LogP contribution in [0.1, 0.15) is 60.1 Å². The third-order valence-corrected chi connectivity index (χ3v) is 11.6. The maximum Gasteiger partial charge on any atom is 0.354 e. The number of methoxy groups -OCH3 is 2. The van der Waals surface area contributed by atoms with Gasteiger partial charge in [-0.1, -0.05) is 109 Å². The molecule has 0 heterocycles. The van der Waals surface area contributed by atoms with Crippen LogP contribution >= 0.6 is 0 Å². The first-order chi connectivity index (χ1) is 33.6. The Kier molecular flexibility index (Phi) is 17.4. The van der Waals surface area contributed by atoms with Crippen molar-refractivity contribution in [2.24, 2.45) is 0 Å². The standard InChI is InChI=1S/C57H52N4O8/c1-5-60(35-33-53(62)66-3)49-25-17-41(18-26-49)37-43(39-58)55(64)68-51-29-21-47(22-30-51)57(45-13-9-7-10-14-45,46-15-11-8-12-16-46)48-23-31-52(32-24-48)69-56(65)44(40-59)38-42-19-27-50(28-20-42)61(6-2)36-34-54(63)67-4/h7-32,37-38H,5-6,33-36H2,1-4H3/b43-37+,44-38+. The molecule has 0 aliphatic heterocycles. The largest absolute Gasteiger partial charge is 0.469 e. The Bertz CT molecular complexity index is 2650. The van der Waals surface area contributed by atoms with Gasteiger partial charge in [0.2, 0.25) is 0 Å². The molecule has 0 unspecified atom stereocenters. The molecule has 0 saturated carbocycles. The first kappa shape index (κ1) is 49.7. The highest BCUT2D eigenvalue weighted by Gasteiger charge is 2.38. The number of nitriles is 2. The Labute approximate surface area is 402 Å². The van der Waals surface area contributed by atoms with Crippen LogP contribution in [0.3, 0.4) is 0 Å². The predicted octanol–water partition coefficient (Wildman–Crippen LogP) is 9.87. The van der Waals surface area contributed by atoms with Gasteiger partial charge >= 0.3 is 23.9 Å². The molecule has 0 saturated heterocycles. The first-order valence-corrected chi connectivity index (χ1v) is 22.4. The van der Waals surface area contributed by atoms with E-state index in [4.69, 9.17) is 18.9 Å². The van der Waals surface area contributed by atoms with Crippen LogP contribution in [-0.4, -0.2) is 64.3 Å². The maximum atomic E-state index is 13.4. The molecular weight excluding hydrogens is 869 g/mol. The van der Waals surface area contributed by atoms with Gasteiger partial charge in [-0.05, 0) is 108 Å². The fourth-order valence-corrected chi connectivity index (χ4v) is 8.01. The normalized spacial score (nSPS) is 11.3. The summed E-state index contributed by atoms with van der Waals surface area (Å²) < 4.78 is 21.0. The Morgan fingerprint density at radius 1 is 0.493 bits per heavy atom. The number of carbonyl (C=O) groups excluding carboxylic acids is 4. The highest BCUT2D eigenvalue weighted by atomic mass is 16.5. The van der Waals surface area contributed by atoms with Gasteiger partial charge in [-0.3, -0.25) is 9.59 Å². The van der Waals surface area contributed by atoms with Gasteiger partial charge in [0, 0.05) is 37.6 Å². The van der Waals surface area contributed by atoms with Gasteiger partial charge in [0.15, 0.2) is 0 Å². The smallest absolute Gasteiger partial charge is 0.354 e. The zero-order valence-electron chi connectivity index (χ0n) is 39.0. The minimum Gasteiger partial charge on any atom is -0.469 e.